The van der Waals surface area contributed by atoms with E-state index in [9.17, 15) is 0 Å². The second-order valence-electron chi connectivity index (χ2n) is 5.59. The lowest BCUT2D eigenvalue weighted by Crippen LogP contribution is -2.50. The monoisotopic (exact) mass is 235 g/mol. The zero-order valence-corrected chi connectivity index (χ0v) is 12.4. The average molecular weight is 235 g/mol. The fraction of sp³-hybridized carbons (Fsp3) is 0.692. The molecule has 0 N–H and O–H groups in total. The molecule has 1 heterocycles. The smallest absolute Gasteiger partial charge is 0.336 e. The van der Waals surface area contributed by atoms with Crippen LogP contribution in [0.4, 0.5) is 0 Å². The number of allylic oxidation sites excluding steroid dienone is 2. The Bertz CT molecular complexity index is 248. The third kappa shape index (κ3) is 2.51. The minimum Gasteiger partial charge on any atom is -0.469 e. The highest BCUT2D eigenvalue weighted by Gasteiger charge is 2.46. The van der Waals surface area contributed by atoms with Crippen molar-refractivity contribution in [3.05, 3.63) is 24.1 Å². The molecule has 1 aliphatic rings. The Kier molecular flexibility index (Phi) is 4.63. The van der Waals surface area contributed by atoms with Crippen LogP contribution >= 0.6 is 0 Å². The molecule has 16 heavy (non-hydrogen) atoms. The van der Waals surface area contributed by atoms with Gasteiger partial charge in [-0.05, 0) is 22.7 Å². The molecule has 89 valence electrons. The molecule has 0 aliphatic carbocycles. The van der Waals surface area contributed by atoms with Crippen molar-refractivity contribution < 1.29 is 4.34 Å². The molecule has 1 nitrogen and oxygen atoms in total. The Morgan fingerprint density at radius 3 is 1.81 bits per heavy atom. The van der Waals surface area contributed by atoms with Crippen LogP contribution in [0.5, 0.6) is 0 Å². The van der Waals surface area contributed by atoms with Gasteiger partial charge in [-0.2, -0.15) is 0 Å². The summed E-state index contributed by atoms with van der Waals surface area (Å²) in [6, 6.07) is 0. The molecule has 0 atom stereocenters. The van der Waals surface area contributed by atoms with Crippen LogP contribution in [0.3, 0.4) is 0 Å². The first-order valence-corrected chi connectivity index (χ1v) is 8.49. The quantitative estimate of drug-likeness (QED) is 0.649. The van der Waals surface area contributed by atoms with Crippen molar-refractivity contribution in [2.75, 3.05) is 0 Å². The molecule has 0 saturated heterocycles. The van der Waals surface area contributed by atoms with E-state index >= 15 is 0 Å². The Hall–Kier alpha value is -0.278. The van der Waals surface area contributed by atoms with Crippen LogP contribution in [0, 0.1) is 6.08 Å². The lowest BCUT2D eigenvalue weighted by atomic mass is 9.72. The van der Waals surface area contributed by atoms with Crippen LogP contribution in [0.15, 0.2) is 18.0 Å². The summed E-state index contributed by atoms with van der Waals surface area (Å²) >= 11 is 0. The van der Waals surface area contributed by atoms with E-state index in [0.29, 0.717) is 16.6 Å². The van der Waals surface area contributed by atoms with E-state index < -0.39 is 8.32 Å². The third-order valence-electron chi connectivity index (χ3n) is 3.69. The molecule has 0 unspecified atom stereocenters. The van der Waals surface area contributed by atoms with Gasteiger partial charge in [-0.15, -0.1) is 0 Å². The first kappa shape index (κ1) is 13.8. The third-order valence-corrected chi connectivity index (χ3v) is 9.78. The topological polar surface area (TPSA) is 9.23 Å². The Labute approximate surface area is 102 Å². The zero-order chi connectivity index (χ0) is 12.3. The maximum absolute atomic E-state index is 6.52. The molecule has 0 saturated carbocycles. The van der Waals surface area contributed by atoms with Crippen molar-refractivity contribution >= 4 is 15.2 Å². The van der Waals surface area contributed by atoms with Gasteiger partial charge >= 0.3 is 6.92 Å². The van der Waals surface area contributed by atoms with E-state index in [0.717, 1.165) is 0 Å². The van der Waals surface area contributed by atoms with Crippen LogP contribution < -0.4 is 0 Å². The summed E-state index contributed by atoms with van der Waals surface area (Å²) in [5.74, 6) is 4.14. The minimum absolute atomic E-state index is 0.166. The summed E-state index contributed by atoms with van der Waals surface area (Å²) in [6.45, 7) is 14.1. The van der Waals surface area contributed by atoms with Crippen molar-refractivity contribution in [2.24, 2.45) is 0 Å². The predicted octanol–water partition coefficient (Wildman–Crippen LogP) is 4.18. The van der Waals surface area contributed by atoms with E-state index in [1.807, 2.05) is 12.1 Å². The fourth-order valence-electron chi connectivity index (χ4n) is 3.07. The van der Waals surface area contributed by atoms with Gasteiger partial charge in [-0.3, -0.25) is 0 Å². The number of hydrogen-bond donors (Lipinski definition) is 0. The molecule has 0 bridgehead atoms. The van der Waals surface area contributed by atoms with Crippen molar-refractivity contribution in [3.63, 3.8) is 0 Å². The van der Waals surface area contributed by atoms with Crippen LogP contribution in [0.25, 0.3) is 0 Å². The van der Waals surface area contributed by atoms with Gasteiger partial charge in [0.15, 0.2) is 8.32 Å². The molecular formula is C13H24BOSi. The van der Waals surface area contributed by atoms with Crippen LogP contribution in [-0.4, -0.2) is 15.2 Å². The van der Waals surface area contributed by atoms with E-state index in [4.69, 9.17) is 4.34 Å². The van der Waals surface area contributed by atoms with Crippen LogP contribution in [0.1, 0.15) is 41.5 Å². The summed E-state index contributed by atoms with van der Waals surface area (Å²) in [5.41, 5.74) is 1.94. The number of hydrogen-bond acceptors (Lipinski definition) is 1. The van der Waals surface area contributed by atoms with Gasteiger partial charge in [-0.25, -0.2) is 0 Å². The summed E-state index contributed by atoms with van der Waals surface area (Å²) in [7, 11) is -1.72. The highest BCUT2D eigenvalue weighted by atomic mass is 28.4. The molecule has 1 radical (unpaired) electrons. The Balaban J connectivity index is 2.92. The van der Waals surface area contributed by atoms with Gasteiger partial charge in [0.1, 0.15) is 0 Å². The SMILES string of the molecule is CC(C)[Si](OB1C=[C]C=C1)(C(C)C)C(C)C. The second-order valence-corrected chi connectivity index (χ2v) is 11.0. The van der Waals surface area contributed by atoms with Crippen molar-refractivity contribution in [1.29, 1.82) is 0 Å². The largest absolute Gasteiger partial charge is 0.469 e. The summed E-state index contributed by atoms with van der Waals surface area (Å²) in [4.78, 5) is 0. The van der Waals surface area contributed by atoms with Crippen LogP contribution in [-0.2, 0) is 4.34 Å². The zero-order valence-electron chi connectivity index (χ0n) is 11.4. The lowest BCUT2D eigenvalue weighted by molar-refractivity contribution is 0.501. The minimum atomic E-state index is -1.72. The molecule has 1 rings (SSSR count). The van der Waals surface area contributed by atoms with Gasteiger partial charge in [0.25, 0.3) is 0 Å². The molecule has 0 amide bonds. The second kappa shape index (κ2) is 5.37. The highest BCUT2D eigenvalue weighted by molar-refractivity contribution is 6.85. The van der Waals surface area contributed by atoms with Crippen LogP contribution in [0.2, 0.25) is 16.6 Å². The standard InChI is InChI=1S/C13H24BOSi/c1-11(2)16(12(3)4,13(5)6)15-14-9-7-8-10-14/h7,9-13H,1-6H3. The van der Waals surface area contributed by atoms with E-state index in [1.165, 1.54) is 0 Å². The highest BCUT2D eigenvalue weighted by Crippen LogP contribution is 2.42. The summed E-state index contributed by atoms with van der Waals surface area (Å²) in [5, 5.41) is 0. The van der Waals surface area contributed by atoms with Crippen molar-refractivity contribution in [3.8, 4) is 0 Å². The molecular weight excluding hydrogens is 211 g/mol. The van der Waals surface area contributed by atoms with Gasteiger partial charge in [0, 0.05) is 0 Å². The maximum Gasteiger partial charge on any atom is 0.336 e. The summed E-state index contributed by atoms with van der Waals surface area (Å²) in [6.07, 6.45) is 5.07. The van der Waals surface area contributed by atoms with E-state index in [2.05, 4.69) is 53.6 Å². The Morgan fingerprint density at radius 2 is 1.50 bits per heavy atom. The molecule has 3 heteroatoms. The molecule has 0 spiro atoms. The Morgan fingerprint density at radius 1 is 1.00 bits per heavy atom. The first-order chi connectivity index (χ1) is 7.41. The predicted molar refractivity (Wildman–Crippen MR) is 74.8 cm³/mol. The van der Waals surface area contributed by atoms with Crippen molar-refractivity contribution in [1.82, 2.24) is 0 Å². The molecule has 0 aromatic carbocycles. The van der Waals surface area contributed by atoms with Gasteiger partial charge < -0.3 is 4.34 Å². The van der Waals surface area contributed by atoms with E-state index in [-0.39, 0.29) is 6.92 Å². The molecule has 1 aliphatic heterocycles. The molecule has 0 aromatic rings. The lowest BCUT2D eigenvalue weighted by Gasteiger charge is -2.43. The normalized spacial score (nSPS) is 16.2. The summed E-state index contributed by atoms with van der Waals surface area (Å²) < 4.78 is 6.52. The van der Waals surface area contributed by atoms with Gasteiger partial charge in [-0.1, -0.05) is 59.6 Å². The molecule has 0 aromatic heterocycles. The number of rotatable bonds is 5. The van der Waals surface area contributed by atoms with Gasteiger partial charge in [0.2, 0.25) is 0 Å². The first-order valence-electron chi connectivity index (χ1n) is 6.35. The fourth-order valence-corrected chi connectivity index (χ4v) is 8.51. The molecule has 0 fully saturated rings. The van der Waals surface area contributed by atoms with Crippen molar-refractivity contribution in [2.45, 2.75) is 58.2 Å². The van der Waals surface area contributed by atoms with Gasteiger partial charge in [0.05, 0.1) is 0 Å². The maximum atomic E-state index is 6.52. The van der Waals surface area contributed by atoms with E-state index in [1.54, 1.807) is 0 Å². The average Bonchev–Trinajstić information content (AvgIpc) is 2.64.